The molecule has 1 aromatic rings. The van der Waals surface area contributed by atoms with Crippen molar-refractivity contribution >= 4 is 18.1 Å². The van der Waals surface area contributed by atoms with Crippen LogP contribution in [0, 0.1) is 0 Å². The van der Waals surface area contributed by atoms with Crippen LogP contribution >= 0.6 is 12.4 Å². The van der Waals surface area contributed by atoms with Crippen molar-refractivity contribution in [1.82, 2.24) is 5.32 Å². The van der Waals surface area contributed by atoms with Gasteiger partial charge in [0.25, 0.3) is 0 Å². The van der Waals surface area contributed by atoms with Crippen molar-refractivity contribution in [3.8, 4) is 5.75 Å². The Kier molecular flexibility index (Phi) is 4.10. The Morgan fingerprint density at radius 1 is 1.18 bits per heavy atom. The van der Waals surface area contributed by atoms with Crippen molar-refractivity contribution in [1.29, 1.82) is 0 Å². The zero-order valence-electron chi connectivity index (χ0n) is 9.65. The van der Waals surface area contributed by atoms with Crippen molar-refractivity contribution in [2.45, 2.75) is 6.42 Å². The maximum atomic E-state index is 5.21. The Bertz CT molecular complexity index is 381. The van der Waals surface area contributed by atoms with Gasteiger partial charge in [0.15, 0.2) is 5.75 Å². The van der Waals surface area contributed by atoms with Gasteiger partial charge in [0, 0.05) is 43.9 Å². The van der Waals surface area contributed by atoms with Crippen LogP contribution in [0.2, 0.25) is 0 Å². The van der Waals surface area contributed by atoms with Crippen LogP contribution in [0.4, 0.5) is 5.69 Å². The van der Waals surface area contributed by atoms with Crippen LogP contribution in [0.1, 0.15) is 5.56 Å². The first-order chi connectivity index (χ1) is 7.95. The van der Waals surface area contributed by atoms with E-state index in [0.717, 1.165) is 38.3 Å². The Morgan fingerprint density at radius 3 is 2.82 bits per heavy atom. The predicted octanol–water partition coefficient (Wildman–Crippen LogP) is 1.38. The summed E-state index contributed by atoms with van der Waals surface area (Å²) >= 11 is 0. The smallest absolute Gasteiger partial charge is 0.170 e. The number of hydrogen-bond donors (Lipinski definition) is 1. The fraction of sp³-hybridized carbons (Fsp3) is 0.500. The predicted molar refractivity (Wildman–Crippen MR) is 69.1 cm³/mol. The third-order valence-electron chi connectivity index (χ3n) is 3.15. The lowest BCUT2D eigenvalue weighted by Gasteiger charge is -2.32. The second kappa shape index (κ2) is 5.58. The fourth-order valence-electron chi connectivity index (χ4n) is 2.33. The summed E-state index contributed by atoms with van der Waals surface area (Å²) in [6, 6.07) is 6.18. The molecule has 0 aromatic heterocycles. The molecule has 5 heteroatoms. The number of halogens is 1. The zero-order chi connectivity index (χ0) is 10.8. The molecule has 17 heavy (non-hydrogen) atoms. The molecular weight excluding hydrogens is 240 g/mol. The Hall–Kier alpha value is -0.970. The Labute approximate surface area is 107 Å². The van der Waals surface area contributed by atoms with E-state index in [1.807, 2.05) is 12.1 Å². The summed E-state index contributed by atoms with van der Waals surface area (Å²) in [6.07, 6.45) is 0.940. The second-order valence-electron chi connectivity index (χ2n) is 4.15. The standard InChI is InChI=1S/C12H16N2O2.ClH/c1-2-11(14-7-5-13-6-8-14)10-4-9-15-16-12(10)3-1;/h1-3,13H,4-9H2;1H. The first-order valence-corrected chi connectivity index (χ1v) is 5.82. The molecule has 0 amide bonds. The highest BCUT2D eigenvalue weighted by Gasteiger charge is 2.20. The van der Waals surface area contributed by atoms with Gasteiger partial charge in [0.1, 0.15) is 0 Å². The minimum atomic E-state index is 0. The molecule has 1 aromatic carbocycles. The highest BCUT2D eigenvalue weighted by molar-refractivity contribution is 5.85. The quantitative estimate of drug-likeness (QED) is 0.770. The molecule has 2 heterocycles. The maximum Gasteiger partial charge on any atom is 0.170 e. The summed E-state index contributed by atoms with van der Waals surface area (Å²) in [4.78, 5) is 12.6. The largest absolute Gasteiger partial charge is 0.369 e. The molecule has 1 fully saturated rings. The summed E-state index contributed by atoms with van der Waals surface area (Å²) in [5.41, 5.74) is 2.60. The van der Waals surface area contributed by atoms with Gasteiger partial charge in [-0.05, 0) is 12.1 Å². The number of nitrogens with zero attached hydrogens (tertiary/aromatic N) is 1. The van der Waals surface area contributed by atoms with Gasteiger partial charge in [-0.15, -0.1) is 12.4 Å². The number of benzene rings is 1. The van der Waals surface area contributed by atoms with Gasteiger partial charge in [0.2, 0.25) is 0 Å². The minimum absolute atomic E-state index is 0. The highest BCUT2D eigenvalue weighted by atomic mass is 35.5. The van der Waals surface area contributed by atoms with Gasteiger partial charge in [-0.25, -0.2) is 0 Å². The lowest BCUT2D eigenvalue weighted by atomic mass is 10.1. The van der Waals surface area contributed by atoms with E-state index in [1.165, 1.54) is 11.3 Å². The molecule has 0 saturated carbocycles. The molecule has 2 aliphatic rings. The molecule has 2 aliphatic heterocycles. The summed E-state index contributed by atoms with van der Waals surface area (Å²) in [7, 11) is 0. The third kappa shape index (κ3) is 2.49. The van der Waals surface area contributed by atoms with Crippen LogP contribution in [0.15, 0.2) is 18.2 Å². The van der Waals surface area contributed by atoms with E-state index in [4.69, 9.17) is 9.78 Å². The van der Waals surface area contributed by atoms with Crippen LogP contribution in [-0.2, 0) is 11.3 Å². The van der Waals surface area contributed by atoms with E-state index in [1.54, 1.807) is 0 Å². The number of rotatable bonds is 1. The number of hydrogen-bond acceptors (Lipinski definition) is 4. The van der Waals surface area contributed by atoms with Crippen molar-refractivity contribution in [2.24, 2.45) is 0 Å². The van der Waals surface area contributed by atoms with Crippen LogP contribution < -0.4 is 15.1 Å². The zero-order valence-corrected chi connectivity index (χ0v) is 10.5. The molecule has 1 saturated heterocycles. The normalized spacial score (nSPS) is 18.9. The van der Waals surface area contributed by atoms with E-state index < -0.39 is 0 Å². The van der Waals surface area contributed by atoms with Crippen LogP contribution in [0.3, 0.4) is 0 Å². The van der Waals surface area contributed by atoms with E-state index in [-0.39, 0.29) is 12.4 Å². The third-order valence-corrected chi connectivity index (χ3v) is 3.15. The molecule has 3 rings (SSSR count). The monoisotopic (exact) mass is 256 g/mol. The van der Waals surface area contributed by atoms with Gasteiger partial charge >= 0.3 is 0 Å². The van der Waals surface area contributed by atoms with Gasteiger partial charge in [-0.1, -0.05) is 6.07 Å². The topological polar surface area (TPSA) is 33.7 Å². The van der Waals surface area contributed by atoms with Gasteiger partial charge in [-0.2, -0.15) is 4.89 Å². The lowest BCUT2D eigenvalue weighted by Crippen LogP contribution is -2.44. The summed E-state index contributed by atoms with van der Waals surface area (Å²) in [5, 5.41) is 3.37. The molecule has 0 bridgehead atoms. The molecule has 1 N–H and O–H groups in total. The number of nitrogens with one attached hydrogen (secondary N) is 1. The van der Waals surface area contributed by atoms with Gasteiger partial charge < -0.3 is 15.1 Å². The van der Waals surface area contributed by atoms with E-state index >= 15 is 0 Å². The number of anilines is 1. The first kappa shape index (κ1) is 12.5. The molecule has 0 atom stereocenters. The molecule has 0 unspecified atom stereocenters. The molecule has 0 aliphatic carbocycles. The second-order valence-corrected chi connectivity index (χ2v) is 4.15. The Morgan fingerprint density at radius 2 is 2.00 bits per heavy atom. The Balaban J connectivity index is 0.00000108. The van der Waals surface area contributed by atoms with Crippen molar-refractivity contribution in [3.05, 3.63) is 23.8 Å². The van der Waals surface area contributed by atoms with E-state index in [0.29, 0.717) is 6.61 Å². The SMILES string of the molecule is Cl.c1cc2c(c(N3CCNCC3)c1)CCOO2. The van der Waals surface area contributed by atoms with Crippen LogP contribution in [-0.4, -0.2) is 32.8 Å². The molecule has 0 spiro atoms. The molecule has 4 nitrogen and oxygen atoms in total. The van der Waals surface area contributed by atoms with Crippen molar-refractivity contribution in [2.75, 3.05) is 37.7 Å². The van der Waals surface area contributed by atoms with Crippen molar-refractivity contribution < 1.29 is 9.78 Å². The first-order valence-electron chi connectivity index (χ1n) is 5.82. The fourth-order valence-corrected chi connectivity index (χ4v) is 2.33. The van der Waals surface area contributed by atoms with Crippen molar-refractivity contribution in [3.63, 3.8) is 0 Å². The maximum absolute atomic E-state index is 5.21. The van der Waals surface area contributed by atoms with Crippen LogP contribution in [0.25, 0.3) is 0 Å². The summed E-state index contributed by atoms with van der Waals surface area (Å²) in [6.45, 7) is 4.90. The number of piperazine rings is 1. The minimum Gasteiger partial charge on any atom is -0.369 e. The average Bonchev–Trinajstić information content (AvgIpc) is 2.39. The molecule has 0 radical (unpaired) electrons. The van der Waals surface area contributed by atoms with E-state index in [9.17, 15) is 0 Å². The highest BCUT2D eigenvalue weighted by Crippen LogP contribution is 2.32. The molecular formula is C12H17ClN2O2. The lowest BCUT2D eigenvalue weighted by molar-refractivity contribution is -0.215. The van der Waals surface area contributed by atoms with E-state index in [2.05, 4.69) is 16.3 Å². The van der Waals surface area contributed by atoms with Gasteiger partial charge in [-0.3, -0.25) is 0 Å². The molecule has 94 valence electrons. The summed E-state index contributed by atoms with van der Waals surface area (Å²) in [5.74, 6) is 0.877. The number of fused-ring (bicyclic) bond motifs is 1. The van der Waals surface area contributed by atoms with Gasteiger partial charge in [0.05, 0.1) is 6.61 Å². The summed E-state index contributed by atoms with van der Waals surface area (Å²) < 4.78 is 0. The van der Waals surface area contributed by atoms with Crippen LogP contribution in [0.5, 0.6) is 5.75 Å². The average molecular weight is 257 g/mol.